The van der Waals surface area contributed by atoms with Crippen molar-refractivity contribution in [2.24, 2.45) is 10.8 Å². The quantitative estimate of drug-likeness (QED) is 0.336. The second kappa shape index (κ2) is 4.32. The van der Waals surface area contributed by atoms with E-state index in [4.69, 9.17) is 18.9 Å². The van der Waals surface area contributed by atoms with E-state index in [-0.39, 0.29) is 52.9 Å². The summed E-state index contributed by atoms with van der Waals surface area (Å²) in [6, 6.07) is 0. The molecule has 5 heteroatoms. The molecule has 3 aliphatic heterocycles. The molecule has 24 heavy (non-hydrogen) atoms. The molecule has 0 N–H and O–H groups in total. The predicted octanol–water partition coefficient (Wildman–Crippen LogP) is 2.15. The van der Waals surface area contributed by atoms with Crippen molar-refractivity contribution in [2.45, 2.75) is 70.2 Å². The highest BCUT2D eigenvalue weighted by molar-refractivity contribution is 5.82. The van der Waals surface area contributed by atoms with Crippen molar-refractivity contribution in [1.82, 2.24) is 0 Å². The molecule has 5 nitrogen and oxygen atoms in total. The van der Waals surface area contributed by atoms with Crippen molar-refractivity contribution in [3.8, 4) is 0 Å². The van der Waals surface area contributed by atoms with Crippen LogP contribution in [0.3, 0.4) is 0 Å². The van der Waals surface area contributed by atoms with Crippen molar-refractivity contribution in [3.05, 3.63) is 23.8 Å². The molecule has 1 spiro atoms. The van der Waals surface area contributed by atoms with Crippen molar-refractivity contribution in [2.75, 3.05) is 6.61 Å². The van der Waals surface area contributed by atoms with Gasteiger partial charge in [0.15, 0.2) is 0 Å². The first-order valence-electron chi connectivity index (χ1n) is 8.85. The molecule has 4 fully saturated rings. The van der Waals surface area contributed by atoms with E-state index in [1.165, 1.54) is 11.6 Å². The van der Waals surface area contributed by atoms with Gasteiger partial charge in [0, 0.05) is 23.3 Å². The normalized spacial score (nSPS) is 56.7. The van der Waals surface area contributed by atoms with Gasteiger partial charge in [0.2, 0.25) is 0 Å². The first-order chi connectivity index (χ1) is 11.4. The van der Waals surface area contributed by atoms with Crippen LogP contribution in [-0.4, -0.2) is 48.7 Å². The van der Waals surface area contributed by atoms with E-state index in [0.717, 1.165) is 0 Å². The van der Waals surface area contributed by atoms with Gasteiger partial charge in [-0.3, -0.25) is 0 Å². The number of rotatable bonds is 2. The standard InChI is InChI=1S/C19H24O5/c1-5-6-14(20)23-12-8-13-19(9-21-19)18(12,4)17(3)11(22-13)7-10(2)15-16(17)24-15/h5-7,11-13,15-16H,8-9H2,1-4H3/b6-5+/t11-,12-,13-,15-,16-,17-,18-,19+/m1/s1. The van der Waals surface area contributed by atoms with Crippen LogP contribution in [0.1, 0.15) is 34.1 Å². The van der Waals surface area contributed by atoms with Gasteiger partial charge in [-0.05, 0) is 19.4 Å². The molecule has 5 aliphatic rings. The Kier molecular flexibility index (Phi) is 2.72. The molecule has 130 valence electrons. The molecule has 0 amide bonds. The molecule has 5 rings (SSSR count). The van der Waals surface area contributed by atoms with E-state index < -0.39 is 0 Å². The van der Waals surface area contributed by atoms with Crippen LogP contribution in [-0.2, 0) is 23.7 Å². The van der Waals surface area contributed by atoms with Gasteiger partial charge < -0.3 is 18.9 Å². The molecule has 2 aliphatic carbocycles. The van der Waals surface area contributed by atoms with E-state index in [0.29, 0.717) is 13.0 Å². The molecule has 8 atom stereocenters. The first kappa shape index (κ1) is 15.1. The van der Waals surface area contributed by atoms with Crippen LogP contribution in [0.5, 0.6) is 0 Å². The molecule has 3 heterocycles. The molecular formula is C19H24O5. The number of esters is 1. The molecule has 0 aromatic carbocycles. The third kappa shape index (κ3) is 1.46. The van der Waals surface area contributed by atoms with Crippen LogP contribution >= 0.6 is 0 Å². The maximum atomic E-state index is 12.1. The lowest BCUT2D eigenvalue weighted by atomic mass is 9.52. The Morgan fingerprint density at radius 2 is 2.12 bits per heavy atom. The van der Waals surface area contributed by atoms with Crippen molar-refractivity contribution < 1.29 is 23.7 Å². The minimum absolute atomic E-state index is 0.0171. The van der Waals surface area contributed by atoms with E-state index in [1.807, 2.05) is 6.92 Å². The maximum Gasteiger partial charge on any atom is 0.330 e. The molecule has 0 radical (unpaired) electrons. The molecule has 1 saturated carbocycles. The van der Waals surface area contributed by atoms with Crippen molar-refractivity contribution >= 4 is 5.97 Å². The van der Waals surface area contributed by atoms with Crippen LogP contribution in [0.25, 0.3) is 0 Å². The summed E-state index contributed by atoms with van der Waals surface area (Å²) < 4.78 is 24.4. The van der Waals surface area contributed by atoms with Crippen LogP contribution in [0.2, 0.25) is 0 Å². The van der Waals surface area contributed by atoms with Crippen LogP contribution in [0, 0.1) is 10.8 Å². The zero-order valence-electron chi connectivity index (χ0n) is 14.6. The van der Waals surface area contributed by atoms with Gasteiger partial charge in [0.1, 0.15) is 17.8 Å². The number of allylic oxidation sites excluding steroid dienone is 1. The minimum Gasteiger partial charge on any atom is -0.458 e. The average molecular weight is 332 g/mol. The summed E-state index contributed by atoms with van der Waals surface area (Å²) >= 11 is 0. The second-order valence-electron chi connectivity index (χ2n) is 8.26. The van der Waals surface area contributed by atoms with E-state index in [2.05, 4.69) is 26.8 Å². The largest absolute Gasteiger partial charge is 0.458 e. The monoisotopic (exact) mass is 332 g/mol. The second-order valence-corrected chi connectivity index (χ2v) is 8.26. The summed E-state index contributed by atoms with van der Waals surface area (Å²) in [5, 5.41) is 0. The van der Waals surface area contributed by atoms with E-state index in [1.54, 1.807) is 6.08 Å². The topological polar surface area (TPSA) is 60.6 Å². The lowest BCUT2D eigenvalue weighted by Gasteiger charge is -2.56. The summed E-state index contributed by atoms with van der Waals surface area (Å²) in [6.07, 6.45) is 6.12. The Labute approximate surface area is 142 Å². The Morgan fingerprint density at radius 1 is 1.38 bits per heavy atom. The zero-order valence-corrected chi connectivity index (χ0v) is 14.6. The van der Waals surface area contributed by atoms with Gasteiger partial charge in [-0.15, -0.1) is 0 Å². The van der Waals surface area contributed by atoms with Crippen molar-refractivity contribution in [1.29, 1.82) is 0 Å². The number of ether oxygens (including phenoxy) is 4. The molecule has 0 aromatic rings. The summed E-state index contributed by atoms with van der Waals surface area (Å²) in [5.41, 5.74) is 0.332. The van der Waals surface area contributed by atoms with Crippen LogP contribution in [0.4, 0.5) is 0 Å². The summed E-state index contributed by atoms with van der Waals surface area (Å²) in [5.74, 6) is -0.289. The Bertz CT molecular complexity index is 677. The SMILES string of the molecule is C/C=C/C(=O)O[C@@H]1C[C@H]2O[C@@H]3C=C(C)[C@H]4O[C@H]4[C@]3(C)[C@]1(C)[C@]21CO1. The van der Waals surface area contributed by atoms with Gasteiger partial charge in [-0.1, -0.05) is 26.0 Å². The number of epoxide rings is 2. The third-order valence-electron chi connectivity index (χ3n) is 7.45. The minimum atomic E-state index is -0.339. The summed E-state index contributed by atoms with van der Waals surface area (Å²) in [6.45, 7) is 9.05. The van der Waals surface area contributed by atoms with E-state index in [9.17, 15) is 4.79 Å². The molecule has 0 unspecified atom stereocenters. The average Bonchev–Trinajstić information content (AvgIpc) is 3.40. The zero-order chi connectivity index (χ0) is 16.9. The lowest BCUT2D eigenvalue weighted by molar-refractivity contribution is -0.212. The van der Waals surface area contributed by atoms with Gasteiger partial charge in [-0.2, -0.15) is 0 Å². The summed E-state index contributed by atoms with van der Waals surface area (Å²) in [7, 11) is 0. The predicted molar refractivity (Wildman–Crippen MR) is 85.3 cm³/mol. The first-order valence-corrected chi connectivity index (χ1v) is 8.85. The maximum absolute atomic E-state index is 12.1. The van der Waals surface area contributed by atoms with Gasteiger partial charge in [0.05, 0.1) is 24.9 Å². The molecule has 0 aromatic heterocycles. The number of carbonyl (C=O) groups is 1. The summed E-state index contributed by atoms with van der Waals surface area (Å²) in [4.78, 5) is 12.1. The Balaban J connectivity index is 1.60. The highest BCUT2D eigenvalue weighted by Crippen LogP contribution is 2.74. The van der Waals surface area contributed by atoms with E-state index >= 15 is 0 Å². The fourth-order valence-corrected chi connectivity index (χ4v) is 5.77. The molecular weight excluding hydrogens is 308 g/mol. The molecule has 3 saturated heterocycles. The van der Waals surface area contributed by atoms with Gasteiger partial charge in [-0.25, -0.2) is 4.79 Å². The molecule has 2 bridgehead atoms. The fourth-order valence-electron chi connectivity index (χ4n) is 5.77. The number of carbonyl (C=O) groups excluding carboxylic acids is 1. The number of hydrogen-bond donors (Lipinski definition) is 0. The van der Waals surface area contributed by atoms with Crippen LogP contribution in [0.15, 0.2) is 23.8 Å². The number of fused-ring (bicyclic) bond motifs is 4. The Morgan fingerprint density at radius 3 is 2.79 bits per heavy atom. The highest BCUT2D eigenvalue weighted by atomic mass is 16.6. The van der Waals surface area contributed by atoms with Crippen molar-refractivity contribution in [3.63, 3.8) is 0 Å². The lowest BCUT2D eigenvalue weighted by Crippen LogP contribution is -2.66. The highest BCUT2D eigenvalue weighted by Gasteiger charge is 2.85. The fraction of sp³-hybridized carbons (Fsp3) is 0.737. The van der Waals surface area contributed by atoms with Crippen LogP contribution < -0.4 is 0 Å². The third-order valence-corrected chi connectivity index (χ3v) is 7.45. The van der Waals surface area contributed by atoms with Gasteiger partial charge in [0.25, 0.3) is 0 Å². The smallest absolute Gasteiger partial charge is 0.330 e. The Hall–Kier alpha value is -1.17. The van der Waals surface area contributed by atoms with Gasteiger partial charge >= 0.3 is 5.97 Å². The number of hydrogen-bond acceptors (Lipinski definition) is 5.